The largest absolute Gasteiger partial charge is 0.381 e. The summed E-state index contributed by atoms with van der Waals surface area (Å²) in [6.07, 6.45) is 2.52. The molecule has 1 aliphatic rings. The van der Waals surface area contributed by atoms with Gasteiger partial charge in [-0.1, -0.05) is 6.92 Å². The first-order valence-corrected chi connectivity index (χ1v) is 7.85. The fourth-order valence-electron chi connectivity index (χ4n) is 2.32. The second-order valence-electron chi connectivity index (χ2n) is 5.71. The molecule has 0 aromatic rings. The average Bonchev–Trinajstić information content (AvgIpc) is 2.96. The third-order valence-corrected chi connectivity index (χ3v) is 3.78. The number of rotatable bonds is 7. The maximum atomic E-state index is 11.7. The van der Waals surface area contributed by atoms with E-state index in [1.54, 1.807) is 7.05 Å². The van der Waals surface area contributed by atoms with Gasteiger partial charge in [0, 0.05) is 52.2 Å². The predicted octanol–water partition coefficient (Wildman–Crippen LogP) is 0.835. The lowest BCUT2D eigenvalue weighted by Gasteiger charge is -2.24. The Hall–Kier alpha value is -1.30. The summed E-state index contributed by atoms with van der Waals surface area (Å²) in [5, 5.41) is 6.20. The molecule has 1 aliphatic heterocycles. The van der Waals surface area contributed by atoms with Crippen molar-refractivity contribution in [2.45, 2.75) is 39.2 Å². The summed E-state index contributed by atoms with van der Waals surface area (Å²) in [6.45, 7) is 7.30. The van der Waals surface area contributed by atoms with E-state index in [1.165, 1.54) is 0 Å². The van der Waals surface area contributed by atoms with Gasteiger partial charge in [-0.25, -0.2) is 0 Å². The van der Waals surface area contributed by atoms with Crippen LogP contribution in [0.2, 0.25) is 0 Å². The van der Waals surface area contributed by atoms with Crippen LogP contribution in [0.5, 0.6) is 0 Å². The van der Waals surface area contributed by atoms with Crippen molar-refractivity contribution in [3.8, 4) is 0 Å². The SMILES string of the molecule is CCC(C)NC(=O)CCNC(=NC)N(C)CC1CCOC1. The Balaban J connectivity index is 2.25. The number of hydrogen-bond acceptors (Lipinski definition) is 3. The first-order chi connectivity index (χ1) is 10.1. The standard InChI is InChI=1S/C15H30N4O2/c1-5-12(2)18-14(20)6-8-17-15(16-3)19(4)10-13-7-9-21-11-13/h12-13H,5-11H2,1-4H3,(H,16,17)(H,18,20). The van der Waals surface area contributed by atoms with E-state index >= 15 is 0 Å². The molecule has 1 heterocycles. The number of ether oxygens (including phenoxy) is 1. The molecule has 1 fully saturated rings. The van der Waals surface area contributed by atoms with Crippen LogP contribution in [-0.4, -0.2) is 63.2 Å². The highest BCUT2D eigenvalue weighted by molar-refractivity contribution is 5.81. The van der Waals surface area contributed by atoms with Crippen LogP contribution in [0.3, 0.4) is 0 Å². The molecule has 2 atom stereocenters. The highest BCUT2D eigenvalue weighted by Gasteiger charge is 2.19. The fourth-order valence-corrected chi connectivity index (χ4v) is 2.32. The van der Waals surface area contributed by atoms with Crippen LogP contribution in [0.15, 0.2) is 4.99 Å². The maximum Gasteiger partial charge on any atom is 0.221 e. The number of nitrogens with zero attached hydrogens (tertiary/aromatic N) is 2. The van der Waals surface area contributed by atoms with Crippen LogP contribution >= 0.6 is 0 Å². The van der Waals surface area contributed by atoms with Gasteiger partial charge in [-0.3, -0.25) is 9.79 Å². The zero-order chi connectivity index (χ0) is 15.7. The van der Waals surface area contributed by atoms with Crippen molar-refractivity contribution in [3.05, 3.63) is 0 Å². The normalized spacial score (nSPS) is 20.2. The molecule has 1 amide bonds. The lowest BCUT2D eigenvalue weighted by Crippen LogP contribution is -2.43. The zero-order valence-electron chi connectivity index (χ0n) is 13.8. The molecule has 1 saturated heterocycles. The first kappa shape index (κ1) is 17.8. The molecule has 21 heavy (non-hydrogen) atoms. The van der Waals surface area contributed by atoms with Crippen LogP contribution < -0.4 is 10.6 Å². The molecule has 6 heteroatoms. The molecule has 0 saturated carbocycles. The monoisotopic (exact) mass is 298 g/mol. The molecule has 1 rings (SSSR count). The molecule has 0 aromatic heterocycles. The first-order valence-electron chi connectivity index (χ1n) is 7.85. The quantitative estimate of drug-likeness (QED) is 0.540. The third-order valence-electron chi connectivity index (χ3n) is 3.78. The number of carbonyl (C=O) groups is 1. The van der Waals surface area contributed by atoms with Crippen molar-refractivity contribution < 1.29 is 9.53 Å². The van der Waals surface area contributed by atoms with Crippen LogP contribution in [-0.2, 0) is 9.53 Å². The zero-order valence-corrected chi connectivity index (χ0v) is 13.8. The van der Waals surface area contributed by atoms with Crippen molar-refractivity contribution >= 4 is 11.9 Å². The number of aliphatic imine (C=N–C) groups is 1. The summed E-state index contributed by atoms with van der Waals surface area (Å²) in [5.74, 6) is 1.49. The van der Waals surface area contributed by atoms with Gasteiger partial charge >= 0.3 is 0 Å². The van der Waals surface area contributed by atoms with Crippen LogP contribution in [0.25, 0.3) is 0 Å². The Kier molecular flexibility index (Phi) is 8.12. The average molecular weight is 298 g/mol. The van der Waals surface area contributed by atoms with Crippen molar-refractivity contribution in [1.29, 1.82) is 0 Å². The van der Waals surface area contributed by atoms with Gasteiger partial charge in [-0.05, 0) is 19.8 Å². The van der Waals surface area contributed by atoms with Gasteiger partial charge in [0.05, 0.1) is 6.61 Å². The highest BCUT2D eigenvalue weighted by atomic mass is 16.5. The van der Waals surface area contributed by atoms with Gasteiger partial charge in [-0.15, -0.1) is 0 Å². The van der Waals surface area contributed by atoms with E-state index in [4.69, 9.17) is 4.74 Å². The number of carbonyl (C=O) groups excluding carboxylic acids is 1. The molecular weight excluding hydrogens is 268 g/mol. The van der Waals surface area contributed by atoms with E-state index < -0.39 is 0 Å². The van der Waals surface area contributed by atoms with Gasteiger partial charge in [0.2, 0.25) is 5.91 Å². The molecule has 2 unspecified atom stereocenters. The summed E-state index contributed by atoms with van der Waals surface area (Å²) in [6, 6.07) is 0.238. The second kappa shape index (κ2) is 9.60. The van der Waals surface area contributed by atoms with Crippen LogP contribution in [0.1, 0.15) is 33.1 Å². The maximum absolute atomic E-state index is 11.7. The van der Waals surface area contributed by atoms with Gasteiger partial charge in [0.15, 0.2) is 5.96 Å². The van der Waals surface area contributed by atoms with E-state index in [9.17, 15) is 4.79 Å². The Morgan fingerprint density at radius 3 is 2.86 bits per heavy atom. The minimum absolute atomic E-state index is 0.0825. The van der Waals surface area contributed by atoms with Crippen molar-refractivity contribution in [1.82, 2.24) is 15.5 Å². The number of guanidine groups is 1. The van der Waals surface area contributed by atoms with Crippen molar-refractivity contribution in [3.63, 3.8) is 0 Å². The van der Waals surface area contributed by atoms with Crippen molar-refractivity contribution in [2.75, 3.05) is 40.4 Å². The number of amides is 1. The molecule has 0 aromatic carbocycles. The summed E-state index contributed by atoms with van der Waals surface area (Å²) in [7, 11) is 3.79. The molecule has 2 N–H and O–H groups in total. The summed E-state index contributed by atoms with van der Waals surface area (Å²) >= 11 is 0. The van der Waals surface area contributed by atoms with E-state index in [0.717, 1.165) is 38.6 Å². The minimum atomic E-state index is 0.0825. The Labute approximate surface area is 128 Å². The third kappa shape index (κ3) is 6.80. The Morgan fingerprint density at radius 2 is 2.29 bits per heavy atom. The molecule has 0 radical (unpaired) electrons. The summed E-state index contributed by atoms with van der Waals surface area (Å²) < 4.78 is 5.39. The number of hydrogen-bond donors (Lipinski definition) is 2. The highest BCUT2D eigenvalue weighted by Crippen LogP contribution is 2.13. The Bertz CT molecular complexity index is 341. The molecule has 122 valence electrons. The van der Waals surface area contributed by atoms with Crippen LogP contribution in [0, 0.1) is 5.92 Å². The lowest BCUT2D eigenvalue weighted by atomic mass is 10.1. The van der Waals surface area contributed by atoms with Gasteiger partial charge < -0.3 is 20.3 Å². The molecule has 6 nitrogen and oxygen atoms in total. The summed E-state index contributed by atoms with van der Waals surface area (Å²) in [4.78, 5) is 18.1. The van der Waals surface area contributed by atoms with E-state index in [0.29, 0.717) is 18.9 Å². The second-order valence-corrected chi connectivity index (χ2v) is 5.71. The van der Waals surface area contributed by atoms with Gasteiger partial charge in [0.1, 0.15) is 0 Å². The van der Waals surface area contributed by atoms with E-state index in [-0.39, 0.29) is 11.9 Å². The van der Waals surface area contributed by atoms with Crippen LogP contribution in [0.4, 0.5) is 0 Å². The number of nitrogens with one attached hydrogen (secondary N) is 2. The fraction of sp³-hybridized carbons (Fsp3) is 0.867. The topological polar surface area (TPSA) is 66.0 Å². The van der Waals surface area contributed by atoms with Gasteiger partial charge in [0.25, 0.3) is 0 Å². The molecular formula is C15H30N4O2. The molecule has 0 spiro atoms. The predicted molar refractivity (Wildman–Crippen MR) is 85.4 cm³/mol. The minimum Gasteiger partial charge on any atom is -0.381 e. The lowest BCUT2D eigenvalue weighted by molar-refractivity contribution is -0.121. The Morgan fingerprint density at radius 1 is 1.52 bits per heavy atom. The van der Waals surface area contributed by atoms with Gasteiger partial charge in [-0.2, -0.15) is 0 Å². The molecule has 0 aliphatic carbocycles. The smallest absolute Gasteiger partial charge is 0.221 e. The summed E-state index contributed by atoms with van der Waals surface area (Å²) in [5.41, 5.74) is 0. The van der Waals surface area contributed by atoms with Crippen molar-refractivity contribution in [2.24, 2.45) is 10.9 Å². The van der Waals surface area contributed by atoms with E-state index in [1.807, 2.05) is 14.0 Å². The van der Waals surface area contributed by atoms with E-state index in [2.05, 4.69) is 27.4 Å². The molecule has 0 bridgehead atoms.